The van der Waals surface area contributed by atoms with Crippen molar-refractivity contribution >= 4 is 27.5 Å². The predicted octanol–water partition coefficient (Wildman–Crippen LogP) is 1.97. The summed E-state index contributed by atoms with van der Waals surface area (Å²) in [6.07, 6.45) is 3.18. The first kappa shape index (κ1) is 24.6. The molecule has 0 spiro atoms. The Labute approximate surface area is 204 Å². The number of hydrogen-bond acceptors (Lipinski definition) is 6. The van der Waals surface area contributed by atoms with Crippen molar-refractivity contribution in [3.63, 3.8) is 0 Å². The molecule has 3 aromatic rings. The van der Waals surface area contributed by atoms with Crippen LogP contribution in [0.5, 0.6) is 0 Å². The average Bonchev–Trinajstić information content (AvgIpc) is 3.54. The summed E-state index contributed by atoms with van der Waals surface area (Å²) in [6.45, 7) is 4.94. The fourth-order valence-corrected chi connectivity index (χ4v) is 5.54. The maximum atomic E-state index is 12.7. The number of carbonyl (C=O) groups is 2. The summed E-state index contributed by atoms with van der Waals surface area (Å²) in [5.41, 5.74) is 2.37. The van der Waals surface area contributed by atoms with Crippen LogP contribution < -0.4 is 10.2 Å². The number of nitrogens with zero attached hydrogens (tertiary/aromatic N) is 5. The molecule has 11 heteroatoms. The highest BCUT2D eigenvalue weighted by atomic mass is 32.2. The first-order valence-electron chi connectivity index (χ1n) is 11.5. The zero-order chi connectivity index (χ0) is 25.0. The molecule has 2 amide bonds. The quantitative estimate of drug-likeness (QED) is 0.484. The molecule has 1 fully saturated rings. The highest BCUT2D eigenvalue weighted by Crippen LogP contribution is 2.27. The van der Waals surface area contributed by atoms with Crippen LogP contribution in [0.1, 0.15) is 25.8 Å². The fourth-order valence-electron chi connectivity index (χ4n) is 4.08. The number of hydrogen-bond donors (Lipinski definition) is 1. The molecule has 0 aliphatic carbocycles. The zero-order valence-electron chi connectivity index (χ0n) is 19.7. The van der Waals surface area contributed by atoms with Crippen molar-refractivity contribution in [1.29, 1.82) is 0 Å². The molecule has 0 radical (unpaired) electrons. The standard InChI is InChI=1S/C24H28N6O4S/c1-3-28(4-2)35(33,34)22-11-9-20(10-12-22)29-15-19(13-23(29)31)24(32)26-14-18-5-7-21(8-6-18)30-17-25-16-27-30/h5-12,16-17,19H,3-4,13-15H2,1-2H3,(H,26,32). The van der Waals surface area contributed by atoms with Crippen LogP contribution in [0.3, 0.4) is 0 Å². The van der Waals surface area contributed by atoms with Gasteiger partial charge < -0.3 is 10.2 Å². The molecule has 1 unspecified atom stereocenters. The van der Waals surface area contributed by atoms with E-state index >= 15 is 0 Å². The maximum absolute atomic E-state index is 12.7. The number of aromatic nitrogens is 3. The van der Waals surface area contributed by atoms with Gasteiger partial charge in [0.2, 0.25) is 21.8 Å². The van der Waals surface area contributed by atoms with E-state index in [9.17, 15) is 18.0 Å². The highest BCUT2D eigenvalue weighted by Gasteiger charge is 2.35. The Morgan fingerprint density at radius 3 is 2.31 bits per heavy atom. The number of benzene rings is 2. The van der Waals surface area contributed by atoms with Crippen LogP contribution in [-0.2, 0) is 26.2 Å². The smallest absolute Gasteiger partial charge is 0.243 e. The molecule has 0 bridgehead atoms. The van der Waals surface area contributed by atoms with Gasteiger partial charge >= 0.3 is 0 Å². The van der Waals surface area contributed by atoms with Crippen LogP contribution in [0.4, 0.5) is 5.69 Å². The second kappa shape index (κ2) is 10.4. The summed E-state index contributed by atoms with van der Waals surface area (Å²) in [5.74, 6) is -0.834. The van der Waals surface area contributed by atoms with E-state index in [2.05, 4.69) is 15.4 Å². The summed E-state index contributed by atoms with van der Waals surface area (Å²) in [6, 6.07) is 13.8. The third-order valence-electron chi connectivity index (χ3n) is 6.07. The van der Waals surface area contributed by atoms with Crippen LogP contribution in [0.15, 0.2) is 66.1 Å². The molecule has 2 heterocycles. The minimum absolute atomic E-state index is 0.108. The Morgan fingerprint density at radius 2 is 1.71 bits per heavy atom. The van der Waals surface area contributed by atoms with E-state index in [-0.39, 0.29) is 29.7 Å². The molecule has 1 atom stereocenters. The van der Waals surface area contributed by atoms with E-state index in [1.54, 1.807) is 37.0 Å². The molecule has 1 N–H and O–H groups in total. The molecule has 35 heavy (non-hydrogen) atoms. The Bertz CT molecular complexity index is 1270. The van der Waals surface area contributed by atoms with E-state index in [1.807, 2.05) is 24.3 Å². The average molecular weight is 497 g/mol. The minimum atomic E-state index is -3.57. The van der Waals surface area contributed by atoms with Crippen LogP contribution in [0.25, 0.3) is 5.69 Å². The number of anilines is 1. The van der Waals surface area contributed by atoms with E-state index in [0.717, 1.165) is 11.3 Å². The van der Waals surface area contributed by atoms with Gasteiger partial charge in [-0.2, -0.15) is 9.40 Å². The summed E-state index contributed by atoms with van der Waals surface area (Å²) in [4.78, 5) is 31.0. The van der Waals surface area contributed by atoms with Crippen molar-refractivity contribution in [2.24, 2.45) is 5.92 Å². The second-order valence-electron chi connectivity index (χ2n) is 8.21. The SMILES string of the molecule is CCN(CC)S(=O)(=O)c1ccc(N2CC(C(=O)NCc3ccc(-n4cncn4)cc3)CC2=O)cc1. The lowest BCUT2D eigenvalue weighted by Crippen LogP contribution is -2.32. The Hall–Kier alpha value is -3.57. The van der Waals surface area contributed by atoms with Crippen molar-refractivity contribution in [3.05, 3.63) is 66.7 Å². The van der Waals surface area contributed by atoms with E-state index in [4.69, 9.17) is 0 Å². The van der Waals surface area contributed by atoms with Gasteiger partial charge in [0, 0.05) is 38.3 Å². The molecule has 1 aromatic heterocycles. The first-order chi connectivity index (χ1) is 16.8. The van der Waals surface area contributed by atoms with Gasteiger partial charge in [-0.05, 0) is 42.0 Å². The van der Waals surface area contributed by atoms with Gasteiger partial charge in [-0.3, -0.25) is 9.59 Å². The molecule has 10 nitrogen and oxygen atoms in total. The van der Waals surface area contributed by atoms with Crippen LogP contribution in [0, 0.1) is 5.92 Å². The van der Waals surface area contributed by atoms with Crippen molar-refractivity contribution in [1.82, 2.24) is 24.4 Å². The molecule has 1 saturated heterocycles. The number of sulfonamides is 1. The molecule has 4 rings (SSSR count). The van der Waals surface area contributed by atoms with E-state index < -0.39 is 15.9 Å². The van der Waals surface area contributed by atoms with E-state index in [0.29, 0.717) is 25.3 Å². The minimum Gasteiger partial charge on any atom is -0.352 e. The Morgan fingerprint density at radius 1 is 1.06 bits per heavy atom. The lowest BCUT2D eigenvalue weighted by molar-refractivity contribution is -0.126. The van der Waals surface area contributed by atoms with Gasteiger partial charge in [0.25, 0.3) is 0 Å². The van der Waals surface area contributed by atoms with Gasteiger partial charge in [-0.15, -0.1) is 0 Å². The number of rotatable bonds is 9. The summed E-state index contributed by atoms with van der Waals surface area (Å²) < 4.78 is 28.4. The lowest BCUT2D eigenvalue weighted by Gasteiger charge is -2.20. The van der Waals surface area contributed by atoms with Crippen molar-refractivity contribution < 1.29 is 18.0 Å². The van der Waals surface area contributed by atoms with Gasteiger partial charge in [0.15, 0.2) is 0 Å². The number of nitrogens with one attached hydrogen (secondary N) is 1. The largest absolute Gasteiger partial charge is 0.352 e. The van der Waals surface area contributed by atoms with Gasteiger partial charge in [-0.1, -0.05) is 26.0 Å². The first-order valence-corrected chi connectivity index (χ1v) is 12.9. The Balaban J connectivity index is 1.35. The van der Waals surface area contributed by atoms with Gasteiger partial charge in [-0.25, -0.2) is 18.1 Å². The summed E-state index contributed by atoms with van der Waals surface area (Å²) in [7, 11) is -3.57. The molecule has 1 aliphatic heterocycles. The third-order valence-corrected chi connectivity index (χ3v) is 8.14. The van der Waals surface area contributed by atoms with E-state index in [1.165, 1.54) is 27.7 Å². The third kappa shape index (κ3) is 5.25. The monoisotopic (exact) mass is 496 g/mol. The molecule has 0 saturated carbocycles. The number of amides is 2. The van der Waals surface area contributed by atoms with Crippen molar-refractivity contribution in [2.75, 3.05) is 24.5 Å². The van der Waals surface area contributed by atoms with Gasteiger partial charge in [0.1, 0.15) is 12.7 Å². The van der Waals surface area contributed by atoms with Crippen LogP contribution >= 0.6 is 0 Å². The molecule has 1 aliphatic rings. The van der Waals surface area contributed by atoms with Crippen molar-refractivity contribution in [2.45, 2.75) is 31.7 Å². The normalized spacial score (nSPS) is 16.1. The fraction of sp³-hybridized carbons (Fsp3) is 0.333. The maximum Gasteiger partial charge on any atom is 0.243 e. The zero-order valence-corrected chi connectivity index (χ0v) is 20.5. The lowest BCUT2D eigenvalue weighted by atomic mass is 10.1. The molecular weight excluding hydrogens is 468 g/mol. The number of carbonyl (C=O) groups excluding carboxylic acids is 2. The van der Waals surface area contributed by atoms with Gasteiger partial charge in [0.05, 0.1) is 16.5 Å². The summed E-state index contributed by atoms with van der Waals surface area (Å²) >= 11 is 0. The molecule has 184 valence electrons. The van der Waals surface area contributed by atoms with Crippen molar-refractivity contribution in [3.8, 4) is 5.69 Å². The van der Waals surface area contributed by atoms with Crippen LogP contribution in [-0.4, -0.2) is 58.9 Å². The summed E-state index contributed by atoms with van der Waals surface area (Å²) in [5, 5.41) is 6.99. The van der Waals surface area contributed by atoms with Crippen LogP contribution in [0.2, 0.25) is 0 Å². The Kier molecular flexibility index (Phi) is 7.27. The molecular formula is C24H28N6O4S. The second-order valence-corrected chi connectivity index (χ2v) is 10.2. The predicted molar refractivity (Wildman–Crippen MR) is 130 cm³/mol. The topological polar surface area (TPSA) is 118 Å². The highest BCUT2D eigenvalue weighted by molar-refractivity contribution is 7.89. The molecule has 2 aromatic carbocycles.